The normalized spacial score (nSPS) is 10.4. The topological polar surface area (TPSA) is 46.0 Å². The SMILES string of the molecule is Oc1cnc2cccnc2c1I. The Bertz CT molecular complexity index is 430. The zero-order valence-electron chi connectivity index (χ0n) is 6.03. The standard InChI is InChI=1S/C8H5IN2O/c9-7-6(12)4-11-5-2-1-3-10-8(5)7/h1-4,12H. The molecule has 2 rings (SSSR count). The molecule has 2 aromatic rings. The van der Waals surface area contributed by atoms with E-state index in [9.17, 15) is 5.11 Å². The Balaban J connectivity index is 2.91. The van der Waals surface area contributed by atoms with Crippen LogP contribution in [-0.2, 0) is 0 Å². The first kappa shape index (κ1) is 7.72. The number of fused-ring (bicyclic) bond motifs is 1. The number of rotatable bonds is 0. The Morgan fingerprint density at radius 2 is 2.17 bits per heavy atom. The summed E-state index contributed by atoms with van der Waals surface area (Å²) < 4.78 is 0.748. The fraction of sp³-hybridized carbons (Fsp3) is 0. The third kappa shape index (κ3) is 1.12. The summed E-state index contributed by atoms with van der Waals surface area (Å²) in [4.78, 5) is 8.14. The summed E-state index contributed by atoms with van der Waals surface area (Å²) >= 11 is 2.05. The Morgan fingerprint density at radius 3 is 3.00 bits per heavy atom. The average Bonchev–Trinajstić information content (AvgIpc) is 2.12. The molecule has 2 heterocycles. The molecule has 0 fully saturated rings. The zero-order valence-corrected chi connectivity index (χ0v) is 8.19. The van der Waals surface area contributed by atoms with E-state index in [0.717, 1.165) is 14.6 Å². The highest BCUT2D eigenvalue weighted by molar-refractivity contribution is 14.1. The summed E-state index contributed by atoms with van der Waals surface area (Å²) in [6.07, 6.45) is 3.12. The molecule has 0 atom stereocenters. The van der Waals surface area contributed by atoms with Crippen LogP contribution < -0.4 is 0 Å². The van der Waals surface area contributed by atoms with Crippen LogP contribution in [0.3, 0.4) is 0 Å². The number of aromatic hydroxyl groups is 1. The van der Waals surface area contributed by atoms with Crippen LogP contribution in [0.15, 0.2) is 24.5 Å². The molecular weight excluding hydrogens is 267 g/mol. The molecule has 3 nitrogen and oxygen atoms in total. The van der Waals surface area contributed by atoms with E-state index in [1.54, 1.807) is 6.20 Å². The molecule has 0 aliphatic heterocycles. The van der Waals surface area contributed by atoms with Gasteiger partial charge in [0.15, 0.2) is 0 Å². The van der Waals surface area contributed by atoms with Crippen LogP contribution in [0.2, 0.25) is 0 Å². The maximum Gasteiger partial charge on any atom is 0.149 e. The van der Waals surface area contributed by atoms with Crippen LogP contribution in [0.1, 0.15) is 0 Å². The quantitative estimate of drug-likeness (QED) is 0.745. The van der Waals surface area contributed by atoms with Gasteiger partial charge in [-0.25, -0.2) is 0 Å². The molecule has 0 radical (unpaired) electrons. The lowest BCUT2D eigenvalue weighted by Gasteiger charge is -1.99. The molecule has 0 saturated heterocycles. The second-order valence-corrected chi connectivity index (χ2v) is 3.41. The van der Waals surface area contributed by atoms with E-state index < -0.39 is 0 Å². The number of hydrogen-bond acceptors (Lipinski definition) is 3. The molecule has 0 aliphatic carbocycles. The largest absolute Gasteiger partial charge is 0.505 e. The zero-order chi connectivity index (χ0) is 8.55. The molecule has 0 bridgehead atoms. The van der Waals surface area contributed by atoms with Gasteiger partial charge in [0, 0.05) is 6.20 Å². The molecule has 0 aliphatic rings. The van der Waals surface area contributed by atoms with Crippen molar-refractivity contribution in [1.29, 1.82) is 0 Å². The Labute approximate surface area is 82.6 Å². The van der Waals surface area contributed by atoms with Crippen LogP contribution in [0.25, 0.3) is 11.0 Å². The molecule has 0 amide bonds. The Hall–Kier alpha value is -0.910. The lowest BCUT2D eigenvalue weighted by Crippen LogP contribution is -1.85. The van der Waals surface area contributed by atoms with E-state index in [4.69, 9.17) is 0 Å². The number of hydrogen-bond donors (Lipinski definition) is 1. The Kier molecular flexibility index (Phi) is 1.84. The molecule has 4 heteroatoms. The highest BCUT2D eigenvalue weighted by atomic mass is 127. The van der Waals surface area contributed by atoms with Gasteiger partial charge in [-0.1, -0.05) is 0 Å². The van der Waals surface area contributed by atoms with Crippen LogP contribution in [-0.4, -0.2) is 15.1 Å². The first-order valence-electron chi connectivity index (χ1n) is 3.37. The summed E-state index contributed by atoms with van der Waals surface area (Å²) in [6, 6.07) is 3.69. The van der Waals surface area contributed by atoms with Crippen molar-refractivity contribution in [3.63, 3.8) is 0 Å². The van der Waals surface area contributed by atoms with Crippen molar-refractivity contribution in [2.75, 3.05) is 0 Å². The monoisotopic (exact) mass is 272 g/mol. The summed E-state index contributed by atoms with van der Waals surface area (Å²) in [5, 5.41) is 9.31. The lowest BCUT2D eigenvalue weighted by molar-refractivity contribution is 0.470. The molecular formula is C8H5IN2O. The van der Waals surface area contributed by atoms with Gasteiger partial charge in [-0.15, -0.1) is 0 Å². The third-order valence-corrected chi connectivity index (χ3v) is 2.61. The number of halogens is 1. The Morgan fingerprint density at radius 1 is 1.33 bits per heavy atom. The van der Waals surface area contributed by atoms with Gasteiger partial charge in [0.2, 0.25) is 0 Å². The van der Waals surface area contributed by atoms with Crippen molar-refractivity contribution < 1.29 is 5.11 Å². The lowest BCUT2D eigenvalue weighted by atomic mass is 10.3. The highest BCUT2D eigenvalue weighted by Crippen LogP contribution is 2.24. The van der Waals surface area contributed by atoms with Crippen LogP contribution in [0.4, 0.5) is 0 Å². The third-order valence-electron chi connectivity index (χ3n) is 1.55. The summed E-state index contributed by atoms with van der Waals surface area (Å²) in [5.41, 5.74) is 1.55. The van der Waals surface area contributed by atoms with E-state index in [1.807, 2.05) is 12.1 Å². The molecule has 0 unspecified atom stereocenters. The highest BCUT2D eigenvalue weighted by Gasteiger charge is 2.04. The van der Waals surface area contributed by atoms with Crippen molar-refractivity contribution >= 4 is 33.6 Å². The minimum absolute atomic E-state index is 0.182. The van der Waals surface area contributed by atoms with Gasteiger partial charge in [-0.2, -0.15) is 0 Å². The fourth-order valence-corrected chi connectivity index (χ4v) is 1.53. The van der Waals surface area contributed by atoms with Crippen LogP contribution in [0, 0.1) is 3.57 Å². The second kappa shape index (κ2) is 2.85. The van der Waals surface area contributed by atoms with E-state index in [-0.39, 0.29) is 5.75 Å². The summed E-state index contributed by atoms with van der Waals surface area (Å²) in [5.74, 6) is 0.182. The van der Waals surface area contributed by atoms with Crippen molar-refractivity contribution in [1.82, 2.24) is 9.97 Å². The van der Waals surface area contributed by atoms with E-state index in [2.05, 4.69) is 32.6 Å². The van der Waals surface area contributed by atoms with E-state index in [1.165, 1.54) is 6.20 Å². The van der Waals surface area contributed by atoms with Crippen LogP contribution in [0.5, 0.6) is 5.75 Å². The molecule has 0 spiro atoms. The predicted octanol–water partition coefficient (Wildman–Crippen LogP) is 1.94. The molecule has 1 N–H and O–H groups in total. The fourth-order valence-electron chi connectivity index (χ4n) is 0.979. The van der Waals surface area contributed by atoms with Gasteiger partial charge in [0.25, 0.3) is 0 Å². The van der Waals surface area contributed by atoms with Gasteiger partial charge in [0.1, 0.15) is 11.3 Å². The minimum Gasteiger partial charge on any atom is -0.505 e. The smallest absolute Gasteiger partial charge is 0.149 e. The first-order chi connectivity index (χ1) is 5.79. The predicted molar refractivity (Wildman–Crippen MR) is 53.9 cm³/mol. The minimum atomic E-state index is 0.182. The second-order valence-electron chi connectivity index (χ2n) is 2.33. The molecule has 0 saturated carbocycles. The molecule has 2 aromatic heterocycles. The number of nitrogens with zero attached hydrogens (tertiary/aromatic N) is 2. The first-order valence-corrected chi connectivity index (χ1v) is 4.45. The van der Waals surface area contributed by atoms with Crippen LogP contribution >= 0.6 is 22.6 Å². The molecule has 60 valence electrons. The maximum atomic E-state index is 9.31. The van der Waals surface area contributed by atoms with E-state index in [0.29, 0.717) is 0 Å². The van der Waals surface area contributed by atoms with Crippen molar-refractivity contribution in [2.45, 2.75) is 0 Å². The van der Waals surface area contributed by atoms with Crippen molar-refractivity contribution in [2.24, 2.45) is 0 Å². The van der Waals surface area contributed by atoms with Gasteiger partial charge < -0.3 is 5.11 Å². The van der Waals surface area contributed by atoms with Gasteiger partial charge in [-0.3, -0.25) is 9.97 Å². The molecule has 0 aromatic carbocycles. The van der Waals surface area contributed by atoms with Gasteiger partial charge in [-0.05, 0) is 34.7 Å². The number of aromatic nitrogens is 2. The summed E-state index contributed by atoms with van der Waals surface area (Å²) in [7, 11) is 0. The van der Waals surface area contributed by atoms with Gasteiger partial charge >= 0.3 is 0 Å². The van der Waals surface area contributed by atoms with E-state index >= 15 is 0 Å². The molecule has 12 heavy (non-hydrogen) atoms. The van der Waals surface area contributed by atoms with Gasteiger partial charge in [0.05, 0.1) is 15.3 Å². The number of pyridine rings is 2. The van der Waals surface area contributed by atoms with Crippen molar-refractivity contribution in [3.8, 4) is 5.75 Å². The maximum absolute atomic E-state index is 9.31. The van der Waals surface area contributed by atoms with Crippen molar-refractivity contribution in [3.05, 3.63) is 28.1 Å². The summed E-state index contributed by atoms with van der Waals surface area (Å²) in [6.45, 7) is 0. The average molecular weight is 272 g/mol.